The molecule has 7 nitrogen and oxygen atoms in total. The SMILES string of the molecule is CC(C)Oc1cc(C(=O)N(C)Cc2cnc(CO)c3cn[nH]c23)ccc1-c1cc(F)cc(F)c1. The van der Waals surface area contributed by atoms with E-state index in [1.807, 2.05) is 13.8 Å². The largest absolute Gasteiger partial charge is 0.490 e. The van der Waals surface area contributed by atoms with Crippen molar-refractivity contribution < 1.29 is 23.4 Å². The van der Waals surface area contributed by atoms with Crippen molar-refractivity contribution in [2.45, 2.75) is 33.1 Å². The standard InChI is InChI=1S/C25H24F2N4O3/c1-14(2)34-23-8-15(4-5-20(23)16-6-18(26)9-19(27)7-16)25(33)31(3)12-17-10-28-22(13-32)21-11-29-30-24(17)21/h4-11,14,32H,12-13H2,1-3H3,(H,29,30). The first kappa shape index (κ1) is 23.3. The van der Waals surface area contributed by atoms with Crippen LogP contribution in [0.1, 0.15) is 35.5 Å². The lowest BCUT2D eigenvalue weighted by Crippen LogP contribution is -2.26. The topological polar surface area (TPSA) is 91.3 Å². The van der Waals surface area contributed by atoms with Gasteiger partial charge in [-0.05, 0) is 49.7 Å². The minimum absolute atomic E-state index is 0.217. The zero-order valence-corrected chi connectivity index (χ0v) is 19.0. The second kappa shape index (κ2) is 9.56. The lowest BCUT2D eigenvalue weighted by molar-refractivity contribution is 0.0784. The van der Waals surface area contributed by atoms with Gasteiger partial charge in [0, 0.05) is 47.9 Å². The Morgan fingerprint density at radius 3 is 2.56 bits per heavy atom. The van der Waals surface area contributed by atoms with Crippen molar-refractivity contribution in [2.75, 3.05) is 7.05 Å². The molecule has 0 unspecified atom stereocenters. The number of aromatic amines is 1. The lowest BCUT2D eigenvalue weighted by Gasteiger charge is -2.20. The fraction of sp³-hybridized carbons (Fsp3) is 0.240. The van der Waals surface area contributed by atoms with E-state index in [9.17, 15) is 18.7 Å². The third-order valence-corrected chi connectivity index (χ3v) is 5.32. The molecule has 2 N–H and O–H groups in total. The maximum absolute atomic E-state index is 13.8. The van der Waals surface area contributed by atoms with Crippen molar-refractivity contribution in [3.8, 4) is 16.9 Å². The predicted octanol–water partition coefficient (Wildman–Crippen LogP) is 4.45. The van der Waals surface area contributed by atoms with Crippen LogP contribution in [-0.4, -0.2) is 44.2 Å². The minimum Gasteiger partial charge on any atom is -0.490 e. The molecule has 0 radical (unpaired) electrons. The van der Waals surface area contributed by atoms with Crippen LogP contribution in [-0.2, 0) is 13.2 Å². The summed E-state index contributed by atoms with van der Waals surface area (Å²) in [6.45, 7) is 3.68. The van der Waals surface area contributed by atoms with Crippen LogP contribution in [0.2, 0.25) is 0 Å². The molecule has 2 aromatic heterocycles. The molecule has 2 aromatic carbocycles. The number of pyridine rings is 1. The molecular weight excluding hydrogens is 442 g/mol. The molecule has 4 aromatic rings. The Balaban J connectivity index is 1.64. The molecule has 0 fully saturated rings. The molecule has 1 amide bonds. The Kier molecular flexibility index (Phi) is 6.56. The Bertz CT molecular complexity index is 1330. The number of hydrogen-bond acceptors (Lipinski definition) is 5. The van der Waals surface area contributed by atoms with Gasteiger partial charge in [0.15, 0.2) is 0 Å². The molecule has 0 saturated carbocycles. The van der Waals surface area contributed by atoms with Gasteiger partial charge in [0.2, 0.25) is 0 Å². The van der Waals surface area contributed by atoms with Gasteiger partial charge in [-0.1, -0.05) is 0 Å². The van der Waals surface area contributed by atoms with Crippen LogP contribution in [0.25, 0.3) is 22.0 Å². The van der Waals surface area contributed by atoms with Crippen LogP contribution >= 0.6 is 0 Å². The zero-order chi connectivity index (χ0) is 24.4. The molecule has 0 bridgehead atoms. The molecule has 34 heavy (non-hydrogen) atoms. The molecule has 176 valence electrons. The summed E-state index contributed by atoms with van der Waals surface area (Å²) in [7, 11) is 1.66. The molecule has 0 aliphatic rings. The van der Waals surface area contributed by atoms with Gasteiger partial charge in [-0.2, -0.15) is 5.10 Å². The Morgan fingerprint density at radius 2 is 1.88 bits per heavy atom. The number of nitrogens with one attached hydrogen (secondary N) is 1. The first-order chi connectivity index (χ1) is 16.3. The number of aliphatic hydroxyl groups excluding tert-OH is 1. The lowest BCUT2D eigenvalue weighted by atomic mass is 10.0. The predicted molar refractivity (Wildman–Crippen MR) is 123 cm³/mol. The second-order valence-electron chi connectivity index (χ2n) is 8.24. The number of H-pyrrole nitrogens is 1. The van der Waals surface area contributed by atoms with Gasteiger partial charge in [0.25, 0.3) is 5.91 Å². The van der Waals surface area contributed by atoms with Crippen LogP contribution in [0.3, 0.4) is 0 Å². The van der Waals surface area contributed by atoms with Crippen LogP contribution in [0, 0.1) is 11.6 Å². The van der Waals surface area contributed by atoms with Gasteiger partial charge in [-0.15, -0.1) is 0 Å². The third kappa shape index (κ3) is 4.74. The molecule has 0 spiro atoms. The van der Waals surface area contributed by atoms with Crippen molar-refractivity contribution in [2.24, 2.45) is 0 Å². The smallest absolute Gasteiger partial charge is 0.254 e. The molecule has 4 rings (SSSR count). The normalized spacial score (nSPS) is 11.3. The Labute approximate surface area is 195 Å². The first-order valence-corrected chi connectivity index (χ1v) is 10.7. The quantitative estimate of drug-likeness (QED) is 0.420. The van der Waals surface area contributed by atoms with Gasteiger partial charge >= 0.3 is 0 Å². The van der Waals surface area contributed by atoms with E-state index in [-0.39, 0.29) is 25.2 Å². The van der Waals surface area contributed by atoms with Crippen LogP contribution in [0.15, 0.2) is 48.8 Å². The van der Waals surface area contributed by atoms with E-state index in [1.54, 1.807) is 37.6 Å². The van der Waals surface area contributed by atoms with Crippen molar-refractivity contribution in [3.05, 3.63) is 77.2 Å². The summed E-state index contributed by atoms with van der Waals surface area (Å²) in [4.78, 5) is 19.0. The number of benzene rings is 2. The summed E-state index contributed by atoms with van der Waals surface area (Å²) >= 11 is 0. The molecule has 0 aliphatic carbocycles. The van der Waals surface area contributed by atoms with Crippen molar-refractivity contribution in [1.82, 2.24) is 20.1 Å². The highest BCUT2D eigenvalue weighted by Gasteiger charge is 2.19. The summed E-state index contributed by atoms with van der Waals surface area (Å²) in [5, 5.41) is 17.1. The molecular formula is C25H24F2N4O3. The van der Waals surface area contributed by atoms with E-state index in [0.717, 1.165) is 11.6 Å². The van der Waals surface area contributed by atoms with E-state index in [2.05, 4.69) is 15.2 Å². The Morgan fingerprint density at radius 1 is 1.15 bits per heavy atom. The second-order valence-corrected chi connectivity index (χ2v) is 8.24. The molecule has 0 saturated heterocycles. The van der Waals surface area contributed by atoms with Gasteiger partial charge in [0.1, 0.15) is 17.4 Å². The minimum atomic E-state index is -0.698. The highest BCUT2D eigenvalue weighted by molar-refractivity contribution is 5.96. The maximum atomic E-state index is 13.8. The molecule has 9 heteroatoms. The highest BCUT2D eigenvalue weighted by Crippen LogP contribution is 2.33. The van der Waals surface area contributed by atoms with Gasteiger partial charge < -0.3 is 14.7 Å². The number of rotatable bonds is 7. The van der Waals surface area contributed by atoms with Crippen molar-refractivity contribution in [1.29, 1.82) is 0 Å². The summed E-state index contributed by atoms with van der Waals surface area (Å²) in [6.07, 6.45) is 2.97. The number of carbonyl (C=O) groups is 1. The number of aromatic nitrogens is 3. The average molecular weight is 466 g/mol. The number of nitrogens with zero attached hydrogens (tertiary/aromatic N) is 3. The number of halogens is 2. The van der Waals surface area contributed by atoms with Gasteiger partial charge in [-0.25, -0.2) is 8.78 Å². The van der Waals surface area contributed by atoms with E-state index in [1.165, 1.54) is 17.0 Å². The van der Waals surface area contributed by atoms with Crippen molar-refractivity contribution in [3.63, 3.8) is 0 Å². The van der Waals surface area contributed by atoms with E-state index >= 15 is 0 Å². The fourth-order valence-corrected chi connectivity index (χ4v) is 3.79. The molecule has 0 aliphatic heterocycles. The van der Waals surface area contributed by atoms with E-state index < -0.39 is 11.6 Å². The zero-order valence-electron chi connectivity index (χ0n) is 19.0. The monoisotopic (exact) mass is 466 g/mol. The maximum Gasteiger partial charge on any atom is 0.254 e. The van der Waals surface area contributed by atoms with Crippen molar-refractivity contribution >= 4 is 16.8 Å². The van der Waals surface area contributed by atoms with E-state index in [0.29, 0.717) is 39.0 Å². The van der Waals surface area contributed by atoms with Crippen LogP contribution in [0.4, 0.5) is 8.78 Å². The average Bonchev–Trinajstić information content (AvgIpc) is 3.28. The highest BCUT2D eigenvalue weighted by atomic mass is 19.1. The summed E-state index contributed by atoms with van der Waals surface area (Å²) in [6, 6.07) is 8.05. The van der Waals surface area contributed by atoms with Crippen LogP contribution < -0.4 is 4.74 Å². The van der Waals surface area contributed by atoms with Gasteiger partial charge in [-0.3, -0.25) is 14.9 Å². The number of fused-ring (bicyclic) bond motifs is 1. The fourth-order valence-electron chi connectivity index (χ4n) is 3.79. The number of ether oxygens (including phenoxy) is 1. The Hall–Kier alpha value is -3.85. The van der Waals surface area contributed by atoms with Crippen LogP contribution in [0.5, 0.6) is 5.75 Å². The number of amides is 1. The number of aliphatic hydroxyl groups is 1. The molecule has 2 heterocycles. The third-order valence-electron chi connectivity index (χ3n) is 5.32. The number of carbonyl (C=O) groups excluding carboxylic acids is 1. The molecule has 0 atom stereocenters. The first-order valence-electron chi connectivity index (χ1n) is 10.7. The summed E-state index contributed by atoms with van der Waals surface area (Å²) in [5.74, 6) is -1.32. The number of hydrogen-bond donors (Lipinski definition) is 2. The summed E-state index contributed by atoms with van der Waals surface area (Å²) < 4.78 is 33.5. The van der Waals surface area contributed by atoms with Gasteiger partial charge in [0.05, 0.1) is 30.1 Å². The van der Waals surface area contributed by atoms with E-state index in [4.69, 9.17) is 4.74 Å². The summed E-state index contributed by atoms with van der Waals surface area (Å²) in [5.41, 5.74) is 3.10.